The molecule has 9 heteroatoms. The number of hydrogen-bond donors (Lipinski definition) is 1. The van der Waals surface area contributed by atoms with E-state index in [2.05, 4.69) is 5.32 Å². The molecule has 0 aliphatic carbocycles. The lowest BCUT2D eigenvalue weighted by Crippen LogP contribution is -2.45. The van der Waals surface area contributed by atoms with Crippen LogP contribution in [-0.4, -0.2) is 50.6 Å². The maximum atomic E-state index is 13.4. The summed E-state index contributed by atoms with van der Waals surface area (Å²) in [5, 5.41) is 2.35. The molecule has 0 spiro atoms. The monoisotopic (exact) mass is 442 g/mol. The van der Waals surface area contributed by atoms with E-state index in [0.717, 1.165) is 18.4 Å². The minimum absolute atomic E-state index is 0.214. The van der Waals surface area contributed by atoms with Crippen molar-refractivity contribution in [1.29, 1.82) is 0 Å². The van der Waals surface area contributed by atoms with Gasteiger partial charge in [0.1, 0.15) is 11.6 Å². The summed E-state index contributed by atoms with van der Waals surface area (Å²) in [6.45, 7) is 7.23. The number of fused-ring (bicyclic) bond motifs is 1. The van der Waals surface area contributed by atoms with E-state index in [4.69, 9.17) is 4.74 Å². The number of carbonyl (C=O) groups excluding carboxylic acids is 3. The summed E-state index contributed by atoms with van der Waals surface area (Å²) in [6, 6.07) is 6.74. The third-order valence-corrected chi connectivity index (χ3v) is 6.10. The second-order valence-electron chi connectivity index (χ2n) is 9.63. The highest BCUT2D eigenvalue weighted by Crippen LogP contribution is 2.26. The molecule has 1 N–H and O–H groups in total. The number of para-hydroxylation sites is 2. The van der Waals surface area contributed by atoms with Gasteiger partial charge in [0, 0.05) is 26.1 Å². The molecule has 2 aliphatic heterocycles. The minimum Gasteiger partial charge on any atom is -0.444 e. The van der Waals surface area contributed by atoms with Gasteiger partial charge in [-0.1, -0.05) is 12.1 Å². The van der Waals surface area contributed by atoms with Gasteiger partial charge in [0.05, 0.1) is 11.0 Å². The van der Waals surface area contributed by atoms with Crippen molar-refractivity contribution < 1.29 is 19.1 Å². The minimum atomic E-state index is -0.694. The normalized spacial score (nSPS) is 20.5. The summed E-state index contributed by atoms with van der Waals surface area (Å²) in [5.41, 5.74) is 0.698. The maximum absolute atomic E-state index is 13.4. The SMILES string of the molecule is CC(C)(C)OC(=O)N1CCC(Cn2c(=O)n(C3CCC(=O)NC3=O)c3ccccc32)CC1. The fourth-order valence-electron chi connectivity index (χ4n) is 4.52. The Morgan fingerprint density at radius 3 is 2.34 bits per heavy atom. The highest BCUT2D eigenvalue weighted by Gasteiger charge is 2.32. The topological polar surface area (TPSA) is 103 Å². The number of imidazole rings is 1. The highest BCUT2D eigenvalue weighted by molar-refractivity contribution is 6.00. The Morgan fingerprint density at radius 2 is 1.72 bits per heavy atom. The van der Waals surface area contributed by atoms with Crippen LogP contribution in [0.25, 0.3) is 11.0 Å². The number of ether oxygens (including phenoxy) is 1. The van der Waals surface area contributed by atoms with Crippen LogP contribution in [0.5, 0.6) is 0 Å². The van der Waals surface area contributed by atoms with Crippen LogP contribution in [0, 0.1) is 5.92 Å². The summed E-state index contributed by atoms with van der Waals surface area (Å²) < 4.78 is 8.71. The second kappa shape index (κ2) is 8.44. The van der Waals surface area contributed by atoms with Crippen LogP contribution in [0.4, 0.5) is 4.79 Å². The Hall–Kier alpha value is -3.10. The van der Waals surface area contributed by atoms with Gasteiger partial charge in [-0.15, -0.1) is 0 Å². The number of nitrogens with zero attached hydrogens (tertiary/aromatic N) is 3. The van der Waals surface area contributed by atoms with Gasteiger partial charge in [-0.05, 0) is 58.1 Å². The van der Waals surface area contributed by atoms with Crippen molar-refractivity contribution in [2.24, 2.45) is 5.92 Å². The van der Waals surface area contributed by atoms with Crippen LogP contribution in [0.1, 0.15) is 52.5 Å². The smallest absolute Gasteiger partial charge is 0.410 e. The molecule has 3 heterocycles. The van der Waals surface area contributed by atoms with Gasteiger partial charge >= 0.3 is 11.8 Å². The number of carbonyl (C=O) groups is 3. The molecular weight excluding hydrogens is 412 g/mol. The van der Waals surface area contributed by atoms with Crippen LogP contribution in [-0.2, 0) is 20.9 Å². The first-order chi connectivity index (χ1) is 15.1. The number of aromatic nitrogens is 2. The number of nitrogens with one attached hydrogen (secondary N) is 1. The predicted octanol–water partition coefficient (Wildman–Crippen LogP) is 2.43. The molecule has 3 amide bonds. The van der Waals surface area contributed by atoms with E-state index in [0.29, 0.717) is 31.6 Å². The lowest BCUT2D eigenvalue weighted by atomic mass is 9.97. The van der Waals surface area contributed by atoms with Gasteiger partial charge in [-0.2, -0.15) is 0 Å². The molecule has 1 unspecified atom stereocenters. The molecule has 172 valence electrons. The molecule has 0 saturated carbocycles. The van der Waals surface area contributed by atoms with Gasteiger partial charge in [0.2, 0.25) is 11.8 Å². The van der Waals surface area contributed by atoms with Crippen molar-refractivity contribution in [3.8, 4) is 0 Å². The summed E-state index contributed by atoms with van der Waals surface area (Å²) in [5.74, 6) is -0.510. The summed E-state index contributed by atoms with van der Waals surface area (Å²) >= 11 is 0. The van der Waals surface area contributed by atoms with Gasteiger partial charge < -0.3 is 9.64 Å². The molecule has 1 atom stereocenters. The number of amides is 3. The van der Waals surface area contributed by atoms with Crippen molar-refractivity contribution in [3.63, 3.8) is 0 Å². The number of imide groups is 1. The van der Waals surface area contributed by atoms with Crippen molar-refractivity contribution in [2.45, 2.75) is 64.6 Å². The van der Waals surface area contributed by atoms with Crippen LogP contribution in [0.2, 0.25) is 0 Å². The quantitative estimate of drug-likeness (QED) is 0.736. The van der Waals surface area contributed by atoms with Gasteiger partial charge in [0.15, 0.2) is 0 Å². The van der Waals surface area contributed by atoms with Gasteiger partial charge in [-0.25, -0.2) is 9.59 Å². The molecule has 0 bridgehead atoms. The van der Waals surface area contributed by atoms with Crippen LogP contribution < -0.4 is 11.0 Å². The first-order valence-corrected chi connectivity index (χ1v) is 11.2. The van der Waals surface area contributed by atoms with E-state index in [-0.39, 0.29) is 30.0 Å². The van der Waals surface area contributed by atoms with Gasteiger partial charge in [0.25, 0.3) is 0 Å². The number of likely N-dealkylation sites (tertiary alicyclic amines) is 1. The standard InChI is InChI=1S/C23H30N4O5/c1-23(2,3)32-22(31)25-12-10-15(11-13-25)14-26-16-6-4-5-7-17(16)27(21(26)30)18-8-9-19(28)24-20(18)29/h4-7,15,18H,8-14H2,1-3H3,(H,24,28,29). The largest absolute Gasteiger partial charge is 0.444 e. The lowest BCUT2D eigenvalue weighted by Gasteiger charge is -2.33. The Morgan fingerprint density at radius 1 is 1.06 bits per heavy atom. The summed E-state index contributed by atoms with van der Waals surface area (Å²) in [4.78, 5) is 51.4. The first kappa shape index (κ1) is 22.1. The summed E-state index contributed by atoms with van der Waals surface area (Å²) in [7, 11) is 0. The Kier molecular flexibility index (Phi) is 5.83. The fourth-order valence-corrected chi connectivity index (χ4v) is 4.52. The summed E-state index contributed by atoms with van der Waals surface area (Å²) in [6.07, 6.45) is 1.76. The van der Waals surface area contributed by atoms with Crippen molar-refractivity contribution in [3.05, 3.63) is 34.7 Å². The number of benzene rings is 1. The predicted molar refractivity (Wildman–Crippen MR) is 118 cm³/mol. The van der Waals surface area contributed by atoms with E-state index in [1.165, 1.54) is 4.57 Å². The van der Waals surface area contributed by atoms with E-state index in [9.17, 15) is 19.2 Å². The molecule has 1 aromatic carbocycles. The molecule has 1 aromatic heterocycles. The Bertz CT molecular complexity index is 1100. The van der Waals surface area contributed by atoms with E-state index in [1.54, 1.807) is 9.47 Å². The van der Waals surface area contributed by atoms with E-state index in [1.807, 2.05) is 45.0 Å². The third-order valence-electron chi connectivity index (χ3n) is 6.10. The second-order valence-corrected chi connectivity index (χ2v) is 9.63. The van der Waals surface area contributed by atoms with Gasteiger partial charge in [-0.3, -0.25) is 24.0 Å². The van der Waals surface area contributed by atoms with Crippen molar-refractivity contribution in [2.75, 3.05) is 13.1 Å². The van der Waals surface area contributed by atoms with E-state index >= 15 is 0 Å². The van der Waals surface area contributed by atoms with E-state index < -0.39 is 17.6 Å². The zero-order valence-electron chi connectivity index (χ0n) is 18.8. The molecule has 32 heavy (non-hydrogen) atoms. The number of rotatable bonds is 3. The average Bonchev–Trinajstić information content (AvgIpc) is 2.99. The van der Waals surface area contributed by atoms with Crippen LogP contribution in [0.3, 0.4) is 0 Å². The van der Waals surface area contributed by atoms with Crippen molar-refractivity contribution in [1.82, 2.24) is 19.4 Å². The van der Waals surface area contributed by atoms with Crippen LogP contribution in [0.15, 0.2) is 29.1 Å². The molecule has 0 radical (unpaired) electrons. The molecule has 2 fully saturated rings. The molecule has 2 aliphatic rings. The molecule has 9 nitrogen and oxygen atoms in total. The zero-order chi connectivity index (χ0) is 23.0. The number of piperidine rings is 2. The van der Waals surface area contributed by atoms with Crippen LogP contribution >= 0.6 is 0 Å². The molecule has 2 saturated heterocycles. The molecular formula is C23H30N4O5. The fraction of sp³-hybridized carbons (Fsp3) is 0.565. The Labute approximate surface area is 186 Å². The average molecular weight is 443 g/mol. The third kappa shape index (κ3) is 4.42. The number of hydrogen-bond acceptors (Lipinski definition) is 5. The zero-order valence-corrected chi connectivity index (χ0v) is 18.8. The Balaban J connectivity index is 1.53. The highest BCUT2D eigenvalue weighted by atomic mass is 16.6. The maximum Gasteiger partial charge on any atom is 0.410 e. The lowest BCUT2D eigenvalue weighted by molar-refractivity contribution is -0.135. The molecule has 4 rings (SSSR count). The molecule has 2 aromatic rings. The van der Waals surface area contributed by atoms with Crippen molar-refractivity contribution >= 4 is 28.9 Å². The first-order valence-electron chi connectivity index (χ1n) is 11.2.